The summed E-state index contributed by atoms with van der Waals surface area (Å²) >= 11 is 0. The number of carbonyl (C=O) groups excluding carboxylic acids is 1. The third-order valence-corrected chi connectivity index (χ3v) is 2.93. The number of aromatic nitrogens is 2. The molecule has 5 nitrogen and oxygen atoms in total. The Bertz CT molecular complexity index is 750. The zero-order valence-corrected chi connectivity index (χ0v) is 11.0. The molecule has 0 aliphatic carbocycles. The molecule has 3 aromatic rings. The molecule has 0 fully saturated rings. The number of hydrogen-bond acceptors (Lipinski definition) is 4. The summed E-state index contributed by atoms with van der Waals surface area (Å²) in [5, 5.41) is 2.85. The van der Waals surface area contributed by atoms with Gasteiger partial charge in [0.15, 0.2) is 11.5 Å². The number of benzene rings is 1. The standard InChI is InChI=1S/C15H13N3O2/c1-10-18-13-7-12(4-5-14(13)20-10)15(19)17-9-11-3-2-6-16-8-11/h2-8H,9H2,1H3,(H,17,19). The first-order valence-corrected chi connectivity index (χ1v) is 6.27. The van der Waals surface area contributed by atoms with Crippen molar-refractivity contribution in [1.82, 2.24) is 15.3 Å². The Morgan fingerprint density at radius 1 is 1.35 bits per heavy atom. The predicted molar refractivity (Wildman–Crippen MR) is 74.2 cm³/mol. The normalized spacial score (nSPS) is 10.7. The van der Waals surface area contributed by atoms with Gasteiger partial charge >= 0.3 is 0 Å². The van der Waals surface area contributed by atoms with Crippen LogP contribution < -0.4 is 5.32 Å². The average Bonchev–Trinajstić information content (AvgIpc) is 2.85. The van der Waals surface area contributed by atoms with E-state index in [9.17, 15) is 4.79 Å². The zero-order valence-electron chi connectivity index (χ0n) is 11.0. The summed E-state index contributed by atoms with van der Waals surface area (Å²) in [4.78, 5) is 20.3. The highest BCUT2D eigenvalue weighted by molar-refractivity contribution is 5.97. The van der Waals surface area contributed by atoms with Crippen LogP contribution in [0.5, 0.6) is 0 Å². The van der Waals surface area contributed by atoms with Crippen molar-refractivity contribution in [2.24, 2.45) is 0 Å². The Morgan fingerprint density at radius 2 is 2.25 bits per heavy atom. The number of amides is 1. The van der Waals surface area contributed by atoms with E-state index in [1.54, 1.807) is 37.5 Å². The molecule has 1 aromatic carbocycles. The molecule has 2 aromatic heterocycles. The van der Waals surface area contributed by atoms with Crippen LogP contribution in [0.15, 0.2) is 47.1 Å². The van der Waals surface area contributed by atoms with E-state index in [-0.39, 0.29) is 5.91 Å². The van der Waals surface area contributed by atoms with Gasteiger partial charge in [-0.1, -0.05) is 6.07 Å². The fourth-order valence-electron chi connectivity index (χ4n) is 1.97. The van der Waals surface area contributed by atoms with E-state index in [1.807, 2.05) is 12.1 Å². The van der Waals surface area contributed by atoms with Crippen molar-refractivity contribution in [3.63, 3.8) is 0 Å². The lowest BCUT2D eigenvalue weighted by Crippen LogP contribution is -2.22. The Morgan fingerprint density at radius 3 is 3.05 bits per heavy atom. The Kier molecular flexibility index (Phi) is 3.16. The minimum absolute atomic E-state index is 0.142. The highest BCUT2D eigenvalue weighted by Gasteiger charge is 2.09. The molecule has 20 heavy (non-hydrogen) atoms. The van der Waals surface area contributed by atoms with Crippen molar-refractivity contribution in [2.75, 3.05) is 0 Å². The van der Waals surface area contributed by atoms with Crippen molar-refractivity contribution in [2.45, 2.75) is 13.5 Å². The van der Waals surface area contributed by atoms with Gasteiger partial charge < -0.3 is 9.73 Å². The maximum atomic E-state index is 12.1. The third-order valence-electron chi connectivity index (χ3n) is 2.93. The van der Waals surface area contributed by atoms with E-state index in [2.05, 4.69) is 15.3 Å². The number of aryl methyl sites for hydroxylation is 1. The second-order valence-corrected chi connectivity index (χ2v) is 4.46. The smallest absolute Gasteiger partial charge is 0.251 e. The van der Waals surface area contributed by atoms with E-state index in [4.69, 9.17) is 4.42 Å². The molecule has 0 aliphatic heterocycles. The van der Waals surface area contributed by atoms with Crippen molar-refractivity contribution < 1.29 is 9.21 Å². The monoisotopic (exact) mass is 267 g/mol. The number of oxazole rings is 1. The lowest BCUT2D eigenvalue weighted by atomic mass is 10.2. The molecule has 1 amide bonds. The summed E-state index contributed by atoms with van der Waals surface area (Å²) in [5.41, 5.74) is 2.90. The summed E-state index contributed by atoms with van der Waals surface area (Å²) in [5.74, 6) is 0.448. The lowest BCUT2D eigenvalue weighted by Gasteiger charge is -2.04. The van der Waals surface area contributed by atoms with Gasteiger partial charge in [-0.2, -0.15) is 0 Å². The van der Waals surface area contributed by atoms with Crippen LogP contribution in [0.25, 0.3) is 11.1 Å². The molecule has 5 heteroatoms. The number of hydrogen-bond donors (Lipinski definition) is 1. The summed E-state index contributed by atoms with van der Waals surface area (Å²) in [6, 6.07) is 8.97. The van der Waals surface area contributed by atoms with Crippen LogP contribution in [0, 0.1) is 6.92 Å². The van der Waals surface area contributed by atoms with E-state index in [1.165, 1.54) is 0 Å². The molecule has 1 N–H and O–H groups in total. The fraction of sp³-hybridized carbons (Fsp3) is 0.133. The molecular weight excluding hydrogens is 254 g/mol. The Labute approximate surface area is 115 Å². The van der Waals surface area contributed by atoms with E-state index in [0.29, 0.717) is 29.1 Å². The number of nitrogens with zero attached hydrogens (tertiary/aromatic N) is 2. The number of carbonyl (C=O) groups is 1. The van der Waals surface area contributed by atoms with Gasteiger partial charge in [0.2, 0.25) is 0 Å². The minimum Gasteiger partial charge on any atom is -0.441 e. The van der Waals surface area contributed by atoms with Crippen LogP contribution in [0.3, 0.4) is 0 Å². The van der Waals surface area contributed by atoms with Crippen molar-refractivity contribution >= 4 is 17.0 Å². The van der Waals surface area contributed by atoms with Gasteiger partial charge in [0.1, 0.15) is 5.52 Å². The fourth-order valence-corrected chi connectivity index (χ4v) is 1.97. The van der Waals surface area contributed by atoms with Crippen LogP contribution in [-0.2, 0) is 6.54 Å². The largest absolute Gasteiger partial charge is 0.441 e. The highest BCUT2D eigenvalue weighted by Crippen LogP contribution is 2.16. The van der Waals surface area contributed by atoms with Gasteiger partial charge in [-0.25, -0.2) is 4.98 Å². The van der Waals surface area contributed by atoms with Gasteiger partial charge in [-0.3, -0.25) is 9.78 Å². The number of nitrogens with one attached hydrogen (secondary N) is 1. The number of rotatable bonds is 3. The van der Waals surface area contributed by atoms with Gasteiger partial charge in [-0.15, -0.1) is 0 Å². The summed E-state index contributed by atoms with van der Waals surface area (Å²) in [6.07, 6.45) is 3.43. The maximum Gasteiger partial charge on any atom is 0.251 e. The van der Waals surface area contributed by atoms with E-state index >= 15 is 0 Å². The number of pyridine rings is 1. The lowest BCUT2D eigenvalue weighted by molar-refractivity contribution is 0.0951. The van der Waals surface area contributed by atoms with Crippen LogP contribution >= 0.6 is 0 Å². The van der Waals surface area contributed by atoms with Gasteiger partial charge in [0, 0.05) is 31.4 Å². The van der Waals surface area contributed by atoms with Gasteiger partial charge in [0.25, 0.3) is 5.91 Å². The second-order valence-electron chi connectivity index (χ2n) is 4.46. The minimum atomic E-state index is -0.142. The van der Waals surface area contributed by atoms with E-state index in [0.717, 1.165) is 5.56 Å². The molecule has 0 spiro atoms. The SMILES string of the molecule is Cc1nc2cc(C(=O)NCc3cccnc3)ccc2o1. The average molecular weight is 267 g/mol. The zero-order chi connectivity index (χ0) is 13.9. The molecule has 0 aliphatic rings. The van der Waals surface area contributed by atoms with Crippen molar-refractivity contribution in [3.05, 3.63) is 59.7 Å². The number of fused-ring (bicyclic) bond motifs is 1. The van der Waals surface area contributed by atoms with Crippen LogP contribution in [0.1, 0.15) is 21.8 Å². The Balaban J connectivity index is 1.75. The maximum absolute atomic E-state index is 12.1. The quantitative estimate of drug-likeness (QED) is 0.791. The van der Waals surface area contributed by atoms with Crippen LogP contribution in [0.4, 0.5) is 0 Å². The van der Waals surface area contributed by atoms with Crippen molar-refractivity contribution in [1.29, 1.82) is 0 Å². The topological polar surface area (TPSA) is 68.0 Å². The molecule has 3 rings (SSSR count). The highest BCUT2D eigenvalue weighted by atomic mass is 16.3. The molecule has 0 atom stereocenters. The Hall–Kier alpha value is -2.69. The molecular formula is C15H13N3O2. The molecule has 100 valence electrons. The first kappa shape index (κ1) is 12.3. The summed E-state index contributed by atoms with van der Waals surface area (Å²) < 4.78 is 5.38. The molecule has 0 saturated carbocycles. The molecule has 0 unspecified atom stereocenters. The van der Waals surface area contributed by atoms with Crippen molar-refractivity contribution in [3.8, 4) is 0 Å². The molecule has 0 bridgehead atoms. The molecule has 0 radical (unpaired) electrons. The van der Waals surface area contributed by atoms with Crippen LogP contribution in [-0.4, -0.2) is 15.9 Å². The summed E-state index contributed by atoms with van der Waals surface area (Å²) in [7, 11) is 0. The van der Waals surface area contributed by atoms with Gasteiger partial charge in [-0.05, 0) is 29.8 Å². The third kappa shape index (κ3) is 2.51. The van der Waals surface area contributed by atoms with E-state index < -0.39 is 0 Å². The second kappa shape index (κ2) is 5.13. The molecule has 2 heterocycles. The molecule has 0 saturated heterocycles. The first-order chi connectivity index (χ1) is 9.72. The summed E-state index contributed by atoms with van der Waals surface area (Å²) in [6.45, 7) is 2.23. The predicted octanol–water partition coefficient (Wildman–Crippen LogP) is 2.46. The first-order valence-electron chi connectivity index (χ1n) is 6.27. The van der Waals surface area contributed by atoms with Crippen LogP contribution in [0.2, 0.25) is 0 Å². The van der Waals surface area contributed by atoms with Gasteiger partial charge in [0.05, 0.1) is 0 Å².